The van der Waals surface area contributed by atoms with Crippen LogP contribution in [-0.2, 0) is 38.5 Å². The number of nitrogen functional groups attached to an aromatic ring is 1. The van der Waals surface area contributed by atoms with E-state index >= 15 is 0 Å². The largest absolute Gasteiger partial charge is 0.483 e. The Morgan fingerprint density at radius 3 is 2.46 bits per heavy atom. The van der Waals surface area contributed by atoms with E-state index in [0.717, 1.165) is 15.6 Å². The summed E-state index contributed by atoms with van der Waals surface area (Å²) in [5.41, 5.74) is 4.78. The van der Waals surface area contributed by atoms with Crippen LogP contribution in [-0.4, -0.2) is 131 Å². The number of anilines is 1. The van der Waals surface area contributed by atoms with Gasteiger partial charge in [0.1, 0.15) is 48.4 Å². The normalized spacial score (nSPS) is 32.6. The van der Waals surface area contributed by atoms with Crippen LogP contribution in [0.5, 0.6) is 0 Å². The molecule has 3 aromatic rings. The van der Waals surface area contributed by atoms with E-state index < -0.39 is 89.2 Å². The Balaban J connectivity index is 1.20. The van der Waals surface area contributed by atoms with Crippen molar-refractivity contribution in [3.63, 3.8) is 0 Å². The van der Waals surface area contributed by atoms with Crippen LogP contribution in [0.4, 0.5) is 5.95 Å². The van der Waals surface area contributed by atoms with Gasteiger partial charge in [-0.05, 0) is 6.42 Å². The molecule has 2 saturated heterocycles. The summed E-state index contributed by atoms with van der Waals surface area (Å²) in [5, 5.41) is 69.7. The van der Waals surface area contributed by atoms with Crippen LogP contribution in [0.2, 0.25) is 0 Å². The van der Waals surface area contributed by atoms with Crippen molar-refractivity contribution in [1.29, 1.82) is 0 Å². The van der Waals surface area contributed by atoms with Crippen molar-refractivity contribution < 1.29 is 72.4 Å². The third-order valence-electron chi connectivity index (χ3n) is 7.40. The minimum absolute atomic E-state index is 0.118. The Labute approximate surface area is 268 Å². The number of nitrogens with two attached hydrogens (primary N) is 1. The third-order valence-corrected chi connectivity index (χ3v) is 10.0. The monoisotopic (exact) mass is 728 g/mol. The highest BCUT2D eigenvalue weighted by atomic mass is 31.3. The Morgan fingerprint density at radius 1 is 1.04 bits per heavy atom. The van der Waals surface area contributed by atoms with E-state index in [9.17, 15) is 54.4 Å². The highest BCUT2D eigenvalue weighted by Gasteiger charge is 2.50. The number of aromatic nitrogens is 7. The molecule has 0 bridgehead atoms. The van der Waals surface area contributed by atoms with Gasteiger partial charge in [0, 0.05) is 0 Å². The molecule has 0 saturated carbocycles. The van der Waals surface area contributed by atoms with Gasteiger partial charge in [-0.3, -0.25) is 23.4 Å². The number of hydrogen-bond donors (Lipinski definition) is 10. The predicted molar refractivity (Wildman–Crippen MR) is 153 cm³/mol. The van der Waals surface area contributed by atoms with Gasteiger partial charge in [-0.25, -0.2) is 18.8 Å². The second-order valence-corrected chi connectivity index (χ2v) is 13.9. The maximum atomic E-state index is 12.7. The molecule has 5 heterocycles. The lowest BCUT2D eigenvalue weighted by Crippen LogP contribution is -2.58. The van der Waals surface area contributed by atoms with Crippen molar-refractivity contribution in [3.8, 4) is 0 Å². The van der Waals surface area contributed by atoms with Gasteiger partial charge >= 0.3 is 15.6 Å². The lowest BCUT2D eigenvalue weighted by Gasteiger charge is -2.40. The highest BCUT2D eigenvalue weighted by Crippen LogP contribution is 2.61. The summed E-state index contributed by atoms with van der Waals surface area (Å²) in [5.74, 6) is -0.282. The summed E-state index contributed by atoms with van der Waals surface area (Å²) in [6.07, 6.45) is -13.5. The maximum Gasteiger partial charge on any atom is 0.483 e. The summed E-state index contributed by atoms with van der Waals surface area (Å²) in [4.78, 5) is 42.4. The molecule has 2 fully saturated rings. The van der Waals surface area contributed by atoms with Crippen molar-refractivity contribution in [1.82, 2.24) is 34.5 Å². The minimum Gasteiger partial charge on any atom is -0.388 e. The molecule has 2 aliphatic rings. The van der Waals surface area contributed by atoms with Crippen molar-refractivity contribution in [2.24, 2.45) is 0 Å². The average molecular weight is 729 g/mol. The van der Waals surface area contributed by atoms with Gasteiger partial charge < -0.3 is 55.6 Å². The van der Waals surface area contributed by atoms with Crippen LogP contribution in [0.15, 0.2) is 17.3 Å². The Morgan fingerprint density at radius 2 is 1.75 bits per heavy atom. The maximum absolute atomic E-state index is 12.7. The van der Waals surface area contributed by atoms with E-state index in [2.05, 4.69) is 34.1 Å². The molecule has 24 nitrogen and oxygen atoms in total. The lowest BCUT2D eigenvalue weighted by molar-refractivity contribution is -0.278. The summed E-state index contributed by atoms with van der Waals surface area (Å²) in [6, 6.07) is 0. The minimum atomic E-state index is -5.67. The molecule has 0 spiro atoms. The first-order valence-electron chi connectivity index (χ1n) is 14.2. The number of ether oxygens (including phenoxy) is 2. The number of aliphatic hydroxyl groups is 6. The standard InChI is InChI=1S/C22H34N8O16P2/c1-2-3-9(31)8-4-29(28-27-8)5-10-13(32)15(34)17(36)21(44-10)45-48(40,41)46-47(38,39)42-6-11-14(33)16(35)20(43-11)30-7-24-12-18(30)25-22(23)26-19(12)37/h4,7,9-11,13-17,20-21,31-36H,2-3,5-6H2,1H3,(H,38,39)(H,40,41)(H3,23,25,26,37)/t9?,10-,11+,13+,14+,15+,16+,17-,20+,21+/m0/s1. The molecular formula is C22H34N8O16P2. The molecule has 0 amide bonds. The molecule has 26 heteroatoms. The van der Waals surface area contributed by atoms with Crippen molar-refractivity contribution >= 4 is 32.8 Å². The zero-order valence-electron chi connectivity index (χ0n) is 24.8. The summed E-state index contributed by atoms with van der Waals surface area (Å²) in [6.45, 7) is 0.493. The van der Waals surface area contributed by atoms with E-state index in [1.807, 2.05) is 6.92 Å². The number of nitrogens with one attached hydrogen (secondary N) is 1. The van der Waals surface area contributed by atoms with Crippen molar-refractivity contribution in [3.05, 3.63) is 28.6 Å². The number of fused-ring (bicyclic) bond motifs is 1. The number of H-pyrrole nitrogens is 1. The molecule has 3 aromatic heterocycles. The summed E-state index contributed by atoms with van der Waals surface area (Å²) < 4.78 is 51.9. The van der Waals surface area contributed by atoms with Crippen LogP contribution in [0.1, 0.15) is 37.8 Å². The molecule has 12 atom stereocenters. The number of hydrogen-bond acceptors (Lipinski definition) is 19. The van der Waals surface area contributed by atoms with Crippen molar-refractivity contribution in [2.45, 2.75) is 87.7 Å². The first-order chi connectivity index (χ1) is 22.5. The van der Waals surface area contributed by atoms with Gasteiger partial charge in [-0.2, -0.15) is 9.29 Å². The van der Waals surface area contributed by atoms with Gasteiger partial charge in [-0.1, -0.05) is 18.6 Å². The molecular weight excluding hydrogens is 694 g/mol. The highest BCUT2D eigenvalue weighted by molar-refractivity contribution is 7.61. The number of nitrogens with zero attached hydrogens (tertiary/aromatic N) is 6. The first-order valence-corrected chi connectivity index (χ1v) is 17.2. The molecule has 48 heavy (non-hydrogen) atoms. The Hall–Kier alpha value is -2.77. The average Bonchev–Trinajstić information content (AvgIpc) is 3.71. The summed E-state index contributed by atoms with van der Waals surface area (Å²) in [7, 11) is -11.2. The zero-order chi connectivity index (χ0) is 35.1. The van der Waals surface area contributed by atoms with Crippen LogP contribution >= 0.6 is 15.6 Å². The number of rotatable bonds is 13. The molecule has 3 unspecified atom stereocenters. The molecule has 5 rings (SSSR count). The second kappa shape index (κ2) is 14.2. The SMILES string of the molecule is CCCC(O)c1cn(C[C@@H]2O[C@H](OP(=O)(O)OP(=O)(O)OC[C@H]3O[C@@H](n4cnc5c(=O)[nH]c(N)nc54)[C@H](O)[C@@H]3O)[C@@H](O)[C@H](O)[C@@H]2O)nn1. The predicted octanol–water partition coefficient (Wildman–Crippen LogP) is -3.50. The summed E-state index contributed by atoms with van der Waals surface area (Å²) >= 11 is 0. The fraction of sp³-hybridized carbons (Fsp3) is 0.682. The molecule has 11 N–H and O–H groups in total. The van der Waals surface area contributed by atoms with Crippen LogP contribution < -0.4 is 11.3 Å². The van der Waals surface area contributed by atoms with Gasteiger partial charge in [0.2, 0.25) is 5.95 Å². The number of phosphoric acid groups is 2. The fourth-order valence-electron chi connectivity index (χ4n) is 5.01. The Bertz CT molecular complexity index is 1740. The van der Waals surface area contributed by atoms with E-state index in [0.29, 0.717) is 12.8 Å². The fourth-order valence-corrected chi connectivity index (χ4v) is 7.17. The van der Waals surface area contributed by atoms with E-state index in [1.54, 1.807) is 0 Å². The van der Waals surface area contributed by atoms with Crippen molar-refractivity contribution in [2.75, 3.05) is 12.3 Å². The second-order valence-electron chi connectivity index (χ2n) is 10.9. The van der Waals surface area contributed by atoms with Crippen LogP contribution in [0.3, 0.4) is 0 Å². The topological polar surface area (TPSA) is 362 Å². The Kier molecular flexibility index (Phi) is 10.8. The lowest BCUT2D eigenvalue weighted by atomic mass is 9.99. The molecule has 0 aliphatic carbocycles. The first kappa shape index (κ1) is 36.5. The number of aromatic amines is 1. The number of aliphatic hydroxyl groups excluding tert-OH is 6. The quantitative estimate of drug-likeness (QED) is 0.0763. The molecule has 268 valence electrons. The van der Waals surface area contributed by atoms with E-state index in [1.165, 1.54) is 6.20 Å². The van der Waals surface area contributed by atoms with E-state index in [4.69, 9.17) is 19.7 Å². The van der Waals surface area contributed by atoms with Gasteiger partial charge in [0.05, 0.1) is 31.8 Å². The van der Waals surface area contributed by atoms with Crippen LogP contribution in [0, 0.1) is 0 Å². The molecule has 0 radical (unpaired) electrons. The number of phosphoric ester groups is 2. The van der Waals surface area contributed by atoms with Gasteiger partial charge in [0.25, 0.3) is 5.56 Å². The smallest absolute Gasteiger partial charge is 0.388 e. The van der Waals surface area contributed by atoms with Crippen LogP contribution in [0.25, 0.3) is 11.2 Å². The van der Waals surface area contributed by atoms with E-state index in [-0.39, 0.29) is 29.4 Å². The molecule has 0 aromatic carbocycles. The third kappa shape index (κ3) is 7.83. The van der Waals surface area contributed by atoms with Gasteiger partial charge in [-0.15, -0.1) is 5.10 Å². The molecule has 2 aliphatic heterocycles. The van der Waals surface area contributed by atoms with Gasteiger partial charge in [0.15, 0.2) is 23.7 Å². The number of imidazole rings is 1. The zero-order valence-corrected chi connectivity index (χ0v) is 26.5.